The van der Waals surface area contributed by atoms with Crippen molar-refractivity contribution < 1.29 is 19.1 Å². The summed E-state index contributed by atoms with van der Waals surface area (Å²) in [4.78, 5) is 41.6. The maximum Gasteiger partial charge on any atom is 0.264 e. The first kappa shape index (κ1) is 34.0. The number of phenolic OH excluding ortho intramolecular Hbond substituents is 1. The average molecular weight is 687 g/mol. The lowest BCUT2D eigenvalue weighted by Crippen LogP contribution is -2.42. The number of amides is 2. The minimum atomic E-state index is -0.468. The van der Waals surface area contributed by atoms with E-state index >= 15 is 4.39 Å². The number of pyridine rings is 1. The summed E-state index contributed by atoms with van der Waals surface area (Å²) in [5.41, 5.74) is 7.06. The van der Waals surface area contributed by atoms with Crippen LogP contribution >= 0.6 is 0 Å². The Kier molecular flexibility index (Phi) is 9.12. The number of anilines is 3. The molecule has 0 bridgehead atoms. The van der Waals surface area contributed by atoms with Crippen molar-refractivity contribution in [3.63, 3.8) is 0 Å². The number of benzene rings is 3. The van der Waals surface area contributed by atoms with E-state index in [0.29, 0.717) is 59.1 Å². The van der Waals surface area contributed by atoms with Gasteiger partial charge in [0.25, 0.3) is 11.8 Å². The zero-order valence-corrected chi connectivity index (χ0v) is 29.7. The Morgan fingerprint density at radius 3 is 2.43 bits per heavy atom. The van der Waals surface area contributed by atoms with Crippen LogP contribution in [0.15, 0.2) is 85.1 Å². The third-order valence-corrected chi connectivity index (χ3v) is 10.2. The van der Waals surface area contributed by atoms with Crippen LogP contribution in [0.2, 0.25) is 0 Å². The monoisotopic (exact) mass is 686 g/mol. The summed E-state index contributed by atoms with van der Waals surface area (Å²) in [7, 11) is 5.95. The molecule has 0 spiro atoms. The van der Waals surface area contributed by atoms with Gasteiger partial charge < -0.3 is 24.4 Å². The first-order chi connectivity index (χ1) is 24.5. The van der Waals surface area contributed by atoms with Gasteiger partial charge in [0.05, 0.1) is 17.4 Å². The van der Waals surface area contributed by atoms with Crippen molar-refractivity contribution in [2.45, 2.75) is 45.8 Å². The number of aromatic nitrogens is 2. The number of carbonyl (C=O) groups excluding carboxylic acids is 2. The highest BCUT2D eigenvalue weighted by Crippen LogP contribution is 2.37. The Hall–Kier alpha value is -5.48. The predicted octanol–water partition coefficient (Wildman–Crippen LogP) is 6.82. The lowest BCUT2D eigenvalue weighted by Gasteiger charge is -2.35. The summed E-state index contributed by atoms with van der Waals surface area (Å²) in [6.07, 6.45) is 3.24. The number of fused-ring (bicyclic) bond motifs is 2. The first-order valence-electron chi connectivity index (χ1n) is 17.4. The number of carbonyl (C=O) groups is 2. The van der Waals surface area contributed by atoms with E-state index in [4.69, 9.17) is 4.98 Å². The number of nitrogens with zero attached hydrogens (tertiary/aromatic N) is 6. The van der Waals surface area contributed by atoms with E-state index < -0.39 is 5.82 Å². The summed E-state index contributed by atoms with van der Waals surface area (Å²) in [6, 6.07) is 22.7. The molecule has 0 aliphatic carbocycles. The van der Waals surface area contributed by atoms with Crippen molar-refractivity contribution in [1.29, 1.82) is 0 Å². The highest BCUT2D eigenvalue weighted by atomic mass is 19.1. The number of aromatic hydroxyl groups is 1. The van der Waals surface area contributed by atoms with Crippen molar-refractivity contribution in [2.24, 2.45) is 0 Å². The molecule has 5 aromatic rings. The van der Waals surface area contributed by atoms with Gasteiger partial charge in [-0.1, -0.05) is 24.3 Å². The molecule has 0 fully saturated rings. The van der Waals surface area contributed by atoms with Gasteiger partial charge in [0.2, 0.25) is 0 Å². The maximum atomic E-state index is 15.2. The average Bonchev–Trinajstić information content (AvgIpc) is 3.65. The van der Waals surface area contributed by atoms with Crippen LogP contribution < -0.4 is 9.80 Å². The minimum Gasteiger partial charge on any atom is -0.508 e. The van der Waals surface area contributed by atoms with Crippen molar-refractivity contribution in [2.75, 3.05) is 44.0 Å². The number of phenols is 1. The van der Waals surface area contributed by atoms with Crippen LogP contribution in [-0.4, -0.2) is 76.5 Å². The molecule has 0 radical (unpaired) electrons. The van der Waals surface area contributed by atoms with Crippen LogP contribution in [0.5, 0.6) is 5.75 Å². The van der Waals surface area contributed by atoms with Crippen molar-refractivity contribution >= 4 is 29.0 Å². The van der Waals surface area contributed by atoms with E-state index in [1.807, 2.05) is 67.6 Å². The molecule has 2 aromatic heterocycles. The van der Waals surface area contributed by atoms with Gasteiger partial charge in [-0.15, -0.1) is 0 Å². The fraction of sp³-hybridized carbons (Fsp3) is 0.293. The van der Waals surface area contributed by atoms with Crippen LogP contribution in [0.3, 0.4) is 0 Å². The van der Waals surface area contributed by atoms with Crippen LogP contribution in [0, 0.1) is 12.7 Å². The van der Waals surface area contributed by atoms with E-state index in [9.17, 15) is 14.7 Å². The number of hydrogen-bond acceptors (Lipinski definition) is 6. The van der Waals surface area contributed by atoms with Crippen LogP contribution in [0.25, 0.3) is 11.3 Å². The summed E-state index contributed by atoms with van der Waals surface area (Å²) >= 11 is 0. The normalized spacial score (nSPS) is 15.2. The van der Waals surface area contributed by atoms with E-state index in [1.165, 1.54) is 17.7 Å². The zero-order valence-electron chi connectivity index (χ0n) is 29.7. The van der Waals surface area contributed by atoms with Gasteiger partial charge >= 0.3 is 0 Å². The van der Waals surface area contributed by atoms with Crippen molar-refractivity contribution in [1.82, 2.24) is 19.4 Å². The number of likely N-dealkylation sites (N-methyl/N-ethyl adjacent to an activating group) is 2. The molecule has 2 aliphatic heterocycles. The molecule has 9 nitrogen and oxygen atoms in total. The molecule has 0 saturated carbocycles. The smallest absolute Gasteiger partial charge is 0.264 e. The molecular weight excluding hydrogens is 643 g/mol. The molecule has 7 rings (SSSR count). The highest BCUT2D eigenvalue weighted by Gasteiger charge is 2.32. The standard InChI is InChI=1S/C41H43FN6O3/c1-26-20-28-8-6-7-9-30(28)25-47(26)40(50)35-15-10-31(42)22-37(35)38-23-36(27(2)46(38)19-18-44(3)4)41(51)48(32-11-13-34(49)14-12-32)33-21-29-16-17-45(5)39(29)43-24-33/h6-15,21-24,26,49H,16-20,25H2,1-5H3/t26-/m1/s1. The molecule has 10 heteroatoms. The summed E-state index contributed by atoms with van der Waals surface area (Å²) < 4.78 is 17.2. The number of hydrogen-bond donors (Lipinski definition) is 1. The Morgan fingerprint density at radius 1 is 0.941 bits per heavy atom. The van der Waals surface area contributed by atoms with Gasteiger partial charge in [-0.2, -0.15) is 0 Å². The molecule has 51 heavy (non-hydrogen) atoms. The molecule has 0 saturated heterocycles. The van der Waals surface area contributed by atoms with Gasteiger partial charge in [-0.05, 0) is 112 Å². The maximum absolute atomic E-state index is 15.2. The molecule has 4 heterocycles. The number of halogens is 1. The van der Waals surface area contributed by atoms with Gasteiger partial charge in [0.15, 0.2) is 0 Å². The van der Waals surface area contributed by atoms with Crippen LogP contribution in [0.4, 0.5) is 21.6 Å². The predicted molar refractivity (Wildman–Crippen MR) is 198 cm³/mol. The molecular formula is C41H43FN6O3. The molecule has 1 N–H and O–H groups in total. The third kappa shape index (κ3) is 6.47. The van der Waals surface area contributed by atoms with Gasteiger partial charge in [-0.25, -0.2) is 9.37 Å². The summed E-state index contributed by atoms with van der Waals surface area (Å²) in [6.45, 7) is 6.39. The Balaban J connectivity index is 1.34. The second kappa shape index (κ2) is 13.7. The Bertz CT molecular complexity index is 2120. The summed E-state index contributed by atoms with van der Waals surface area (Å²) in [5, 5.41) is 10.1. The third-order valence-electron chi connectivity index (χ3n) is 10.2. The molecule has 3 aromatic carbocycles. The largest absolute Gasteiger partial charge is 0.508 e. The topological polar surface area (TPSA) is 85.1 Å². The molecule has 0 unspecified atom stereocenters. The fourth-order valence-corrected chi connectivity index (χ4v) is 7.33. The van der Waals surface area contributed by atoms with E-state index in [-0.39, 0.29) is 23.6 Å². The Morgan fingerprint density at radius 2 is 1.69 bits per heavy atom. The van der Waals surface area contributed by atoms with E-state index in [1.54, 1.807) is 47.5 Å². The molecule has 262 valence electrons. The van der Waals surface area contributed by atoms with Gasteiger partial charge in [-0.3, -0.25) is 14.5 Å². The molecule has 1 atom stereocenters. The number of rotatable bonds is 8. The van der Waals surface area contributed by atoms with E-state index in [2.05, 4.69) is 17.0 Å². The Labute approximate surface area is 298 Å². The van der Waals surface area contributed by atoms with E-state index in [0.717, 1.165) is 36.3 Å². The van der Waals surface area contributed by atoms with Crippen LogP contribution in [0.1, 0.15) is 50.0 Å². The first-order valence-corrected chi connectivity index (χ1v) is 17.4. The molecule has 2 amide bonds. The lowest BCUT2D eigenvalue weighted by atomic mass is 9.93. The van der Waals surface area contributed by atoms with Crippen molar-refractivity contribution in [3.8, 4) is 17.0 Å². The summed E-state index contributed by atoms with van der Waals surface area (Å²) in [5.74, 6) is 0.0202. The minimum absolute atomic E-state index is 0.0516. The SMILES string of the molecule is Cc1c(C(=O)N(c2ccc(O)cc2)c2cnc3c(c2)CCN3C)cc(-c2cc(F)ccc2C(=O)N2Cc3ccccc3C[C@H]2C)n1CCN(C)C. The second-order valence-electron chi connectivity index (χ2n) is 13.9. The quantitative estimate of drug-likeness (QED) is 0.193. The van der Waals surface area contributed by atoms with Crippen molar-refractivity contribution in [3.05, 3.63) is 124 Å². The fourth-order valence-electron chi connectivity index (χ4n) is 7.33. The van der Waals surface area contributed by atoms with Crippen LogP contribution in [-0.2, 0) is 25.9 Å². The highest BCUT2D eigenvalue weighted by molar-refractivity contribution is 6.12. The second-order valence-corrected chi connectivity index (χ2v) is 13.9. The molecule has 2 aliphatic rings. The van der Waals surface area contributed by atoms with Gasteiger partial charge in [0.1, 0.15) is 17.4 Å². The van der Waals surface area contributed by atoms with Gasteiger partial charge in [0, 0.05) is 67.5 Å². The lowest BCUT2D eigenvalue weighted by molar-refractivity contribution is 0.0659. The zero-order chi connectivity index (χ0) is 36.0.